The van der Waals surface area contributed by atoms with Gasteiger partial charge >= 0.3 is 0 Å². The van der Waals surface area contributed by atoms with Gasteiger partial charge in [0.05, 0.1) is 22.5 Å². The summed E-state index contributed by atoms with van der Waals surface area (Å²) in [6.45, 7) is 0. The van der Waals surface area contributed by atoms with E-state index in [4.69, 9.17) is 0 Å². The lowest BCUT2D eigenvalue weighted by atomic mass is 9.91. The first-order valence-corrected chi connectivity index (χ1v) is 6.44. The summed E-state index contributed by atoms with van der Waals surface area (Å²) in [6.07, 6.45) is -0.245. The topological polar surface area (TPSA) is 84.0 Å². The predicted octanol–water partition coefficient (Wildman–Crippen LogP) is 3.61. The largest absolute Gasteiger partial charge is 0.294 e. The van der Waals surface area contributed by atoms with Crippen LogP contribution in [0.4, 0.5) is 10.1 Å². The molecule has 0 saturated carbocycles. The van der Waals surface area contributed by atoms with E-state index in [0.29, 0.717) is 5.56 Å². The SMILES string of the molecule is N#CC(CC(=O)c1ccccc1)c1cc(F)ccc1[N+](=O)[O-]. The summed E-state index contributed by atoms with van der Waals surface area (Å²) in [5, 5.41) is 20.2. The monoisotopic (exact) mass is 298 g/mol. The molecule has 0 spiro atoms. The Morgan fingerprint density at radius 1 is 1.27 bits per heavy atom. The summed E-state index contributed by atoms with van der Waals surface area (Å²) in [4.78, 5) is 22.4. The summed E-state index contributed by atoms with van der Waals surface area (Å²) in [7, 11) is 0. The lowest BCUT2D eigenvalue weighted by Gasteiger charge is -2.09. The first kappa shape index (κ1) is 15.3. The molecule has 22 heavy (non-hydrogen) atoms. The van der Waals surface area contributed by atoms with Crippen LogP contribution in [0.15, 0.2) is 48.5 Å². The van der Waals surface area contributed by atoms with Crippen LogP contribution in [0.2, 0.25) is 0 Å². The summed E-state index contributed by atoms with van der Waals surface area (Å²) >= 11 is 0. The van der Waals surface area contributed by atoms with E-state index in [-0.39, 0.29) is 23.5 Å². The standard InChI is InChI=1S/C16H11FN2O3/c17-13-6-7-15(19(21)22)14(9-13)12(10-18)8-16(20)11-4-2-1-3-5-11/h1-7,9,12H,8H2. The van der Waals surface area contributed by atoms with Crippen molar-refractivity contribution in [2.75, 3.05) is 0 Å². The molecule has 0 aliphatic carbocycles. The minimum atomic E-state index is -1.08. The molecule has 0 amide bonds. The van der Waals surface area contributed by atoms with Gasteiger partial charge in [-0.15, -0.1) is 0 Å². The number of hydrogen-bond acceptors (Lipinski definition) is 4. The summed E-state index contributed by atoms with van der Waals surface area (Å²) in [6, 6.07) is 13.0. The van der Waals surface area contributed by atoms with Gasteiger partial charge in [-0.2, -0.15) is 5.26 Å². The van der Waals surface area contributed by atoms with E-state index in [1.807, 2.05) is 6.07 Å². The second kappa shape index (κ2) is 6.59. The van der Waals surface area contributed by atoms with Gasteiger partial charge in [-0.25, -0.2) is 4.39 Å². The fraction of sp³-hybridized carbons (Fsp3) is 0.125. The van der Waals surface area contributed by atoms with Crippen molar-refractivity contribution < 1.29 is 14.1 Å². The van der Waals surface area contributed by atoms with Crippen LogP contribution in [0.3, 0.4) is 0 Å². The molecule has 0 fully saturated rings. The van der Waals surface area contributed by atoms with E-state index in [1.165, 1.54) is 0 Å². The highest BCUT2D eigenvalue weighted by Crippen LogP contribution is 2.30. The fourth-order valence-corrected chi connectivity index (χ4v) is 2.12. The Bertz CT molecular complexity index is 754. The van der Waals surface area contributed by atoms with E-state index in [2.05, 4.69) is 0 Å². The molecule has 1 unspecified atom stereocenters. The van der Waals surface area contributed by atoms with Crippen LogP contribution in [0.1, 0.15) is 28.3 Å². The molecule has 2 rings (SSSR count). The third-order valence-electron chi connectivity index (χ3n) is 3.20. The van der Waals surface area contributed by atoms with Gasteiger partial charge in [-0.3, -0.25) is 14.9 Å². The number of nitro benzene ring substituents is 1. The van der Waals surface area contributed by atoms with E-state index < -0.39 is 16.7 Å². The van der Waals surface area contributed by atoms with Gasteiger partial charge in [-0.05, 0) is 12.1 Å². The number of halogens is 1. The number of ketones is 1. The zero-order valence-corrected chi connectivity index (χ0v) is 11.4. The molecule has 0 radical (unpaired) electrons. The molecular weight excluding hydrogens is 287 g/mol. The molecule has 0 bridgehead atoms. The van der Waals surface area contributed by atoms with Gasteiger partial charge in [0.25, 0.3) is 5.69 Å². The average molecular weight is 298 g/mol. The number of hydrogen-bond donors (Lipinski definition) is 0. The zero-order chi connectivity index (χ0) is 16.1. The first-order valence-electron chi connectivity index (χ1n) is 6.44. The molecule has 0 aliphatic rings. The number of benzene rings is 2. The van der Waals surface area contributed by atoms with Crippen LogP contribution in [0.25, 0.3) is 0 Å². The Balaban J connectivity index is 2.34. The van der Waals surface area contributed by atoms with E-state index in [1.54, 1.807) is 30.3 Å². The van der Waals surface area contributed by atoms with Gasteiger partial charge in [0.15, 0.2) is 5.78 Å². The Labute approximate surface area is 125 Å². The van der Waals surface area contributed by atoms with Crippen molar-refractivity contribution in [3.63, 3.8) is 0 Å². The third kappa shape index (κ3) is 3.33. The van der Waals surface area contributed by atoms with Crippen LogP contribution >= 0.6 is 0 Å². The van der Waals surface area contributed by atoms with Crippen molar-refractivity contribution in [2.24, 2.45) is 0 Å². The zero-order valence-electron chi connectivity index (χ0n) is 11.4. The molecule has 2 aromatic carbocycles. The number of nitriles is 1. The normalized spacial score (nSPS) is 11.5. The summed E-state index contributed by atoms with van der Waals surface area (Å²) in [5.74, 6) is -2.09. The molecule has 6 heteroatoms. The minimum absolute atomic E-state index is 0.0863. The molecule has 0 aromatic heterocycles. The van der Waals surface area contributed by atoms with Crippen molar-refractivity contribution >= 4 is 11.5 Å². The molecule has 1 atom stereocenters. The highest BCUT2D eigenvalue weighted by Gasteiger charge is 2.25. The molecule has 2 aromatic rings. The van der Waals surface area contributed by atoms with E-state index in [9.17, 15) is 24.6 Å². The average Bonchev–Trinajstić information content (AvgIpc) is 2.52. The molecule has 110 valence electrons. The summed E-state index contributed by atoms with van der Waals surface area (Å²) < 4.78 is 13.4. The van der Waals surface area contributed by atoms with Gasteiger partial charge in [-0.1, -0.05) is 30.3 Å². The minimum Gasteiger partial charge on any atom is -0.294 e. The second-order valence-electron chi connectivity index (χ2n) is 4.64. The van der Waals surface area contributed by atoms with Crippen molar-refractivity contribution in [3.05, 3.63) is 75.6 Å². The van der Waals surface area contributed by atoms with Crippen LogP contribution in [-0.2, 0) is 0 Å². The third-order valence-corrected chi connectivity index (χ3v) is 3.20. The number of rotatable bonds is 5. The maximum absolute atomic E-state index is 13.4. The van der Waals surface area contributed by atoms with Gasteiger partial charge < -0.3 is 0 Å². The number of carbonyl (C=O) groups is 1. The number of carbonyl (C=O) groups excluding carboxylic acids is 1. The lowest BCUT2D eigenvalue weighted by Crippen LogP contribution is -2.08. The van der Waals surface area contributed by atoms with Crippen molar-refractivity contribution in [1.82, 2.24) is 0 Å². The van der Waals surface area contributed by atoms with Crippen molar-refractivity contribution in [2.45, 2.75) is 12.3 Å². The van der Waals surface area contributed by atoms with Crippen LogP contribution < -0.4 is 0 Å². The maximum atomic E-state index is 13.4. The number of nitro groups is 1. The molecular formula is C16H11FN2O3. The van der Waals surface area contributed by atoms with E-state index >= 15 is 0 Å². The van der Waals surface area contributed by atoms with Gasteiger partial charge in [0.1, 0.15) is 5.82 Å². The Kier molecular flexibility index (Phi) is 4.59. The van der Waals surface area contributed by atoms with Crippen LogP contribution in [0, 0.1) is 27.3 Å². The molecule has 0 heterocycles. The number of Topliss-reactive ketones (excluding diaryl/α,β-unsaturated/α-hetero) is 1. The molecule has 0 aliphatic heterocycles. The van der Waals surface area contributed by atoms with Gasteiger partial charge in [0, 0.05) is 18.1 Å². The predicted molar refractivity (Wildman–Crippen MR) is 76.8 cm³/mol. The quantitative estimate of drug-likeness (QED) is 0.479. The van der Waals surface area contributed by atoms with E-state index in [0.717, 1.165) is 18.2 Å². The smallest absolute Gasteiger partial charge is 0.274 e. The second-order valence-corrected chi connectivity index (χ2v) is 4.64. The van der Waals surface area contributed by atoms with Crippen molar-refractivity contribution in [1.29, 1.82) is 5.26 Å². The maximum Gasteiger partial charge on any atom is 0.274 e. The van der Waals surface area contributed by atoms with Crippen LogP contribution in [-0.4, -0.2) is 10.7 Å². The first-order chi connectivity index (χ1) is 10.5. The molecule has 0 saturated heterocycles. The highest BCUT2D eigenvalue weighted by molar-refractivity contribution is 5.96. The number of nitrogens with zero attached hydrogens (tertiary/aromatic N) is 2. The highest BCUT2D eigenvalue weighted by atomic mass is 19.1. The van der Waals surface area contributed by atoms with Gasteiger partial charge in [0.2, 0.25) is 0 Å². The Hall–Kier alpha value is -3.07. The Morgan fingerprint density at radius 2 is 1.95 bits per heavy atom. The molecule has 5 nitrogen and oxygen atoms in total. The lowest BCUT2D eigenvalue weighted by molar-refractivity contribution is -0.385. The summed E-state index contributed by atoms with van der Waals surface area (Å²) in [5.41, 5.74) is -0.0487. The van der Waals surface area contributed by atoms with Crippen molar-refractivity contribution in [3.8, 4) is 6.07 Å². The Morgan fingerprint density at radius 3 is 2.55 bits per heavy atom. The molecule has 0 N–H and O–H groups in total. The van der Waals surface area contributed by atoms with Crippen LogP contribution in [0.5, 0.6) is 0 Å². The fourth-order valence-electron chi connectivity index (χ4n) is 2.12.